The second-order valence-electron chi connectivity index (χ2n) is 3.45. The standard InChI is InChI=1S/C12H16ClNO3/c1-16-10-5-9(6-11(7-10)17-2)3-4-14-12(15)8-13/h5-7H,3-4,8H2,1-2H3,(H,14,15). The number of carbonyl (C=O) groups is 1. The van der Waals surface area contributed by atoms with E-state index in [4.69, 9.17) is 21.1 Å². The smallest absolute Gasteiger partial charge is 0.234 e. The highest BCUT2D eigenvalue weighted by molar-refractivity contribution is 6.27. The van der Waals surface area contributed by atoms with Gasteiger partial charge in [0, 0.05) is 12.6 Å². The maximum atomic E-state index is 11.0. The van der Waals surface area contributed by atoms with Gasteiger partial charge in [0.15, 0.2) is 0 Å². The number of ether oxygens (including phenoxy) is 2. The average Bonchev–Trinajstić information content (AvgIpc) is 2.37. The minimum absolute atomic E-state index is 0.0125. The zero-order valence-electron chi connectivity index (χ0n) is 9.96. The third-order valence-corrected chi connectivity index (χ3v) is 2.51. The topological polar surface area (TPSA) is 47.6 Å². The van der Waals surface area contributed by atoms with Crippen LogP contribution in [0.1, 0.15) is 5.56 Å². The van der Waals surface area contributed by atoms with Crippen LogP contribution >= 0.6 is 11.6 Å². The van der Waals surface area contributed by atoms with Crippen LogP contribution in [0.5, 0.6) is 11.5 Å². The molecule has 1 aromatic rings. The van der Waals surface area contributed by atoms with Gasteiger partial charge in [-0.2, -0.15) is 0 Å². The first-order valence-electron chi connectivity index (χ1n) is 5.24. The summed E-state index contributed by atoms with van der Waals surface area (Å²) in [5.41, 5.74) is 1.04. The van der Waals surface area contributed by atoms with Gasteiger partial charge in [-0.3, -0.25) is 4.79 Å². The van der Waals surface area contributed by atoms with E-state index in [9.17, 15) is 4.79 Å². The average molecular weight is 258 g/mol. The largest absolute Gasteiger partial charge is 0.497 e. The molecular formula is C12H16ClNO3. The zero-order valence-corrected chi connectivity index (χ0v) is 10.7. The van der Waals surface area contributed by atoms with Crippen molar-refractivity contribution < 1.29 is 14.3 Å². The Morgan fingerprint density at radius 3 is 2.29 bits per heavy atom. The van der Waals surface area contributed by atoms with Gasteiger partial charge in [-0.1, -0.05) is 0 Å². The number of benzene rings is 1. The molecule has 0 bridgehead atoms. The van der Waals surface area contributed by atoms with Crippen molar-refractivity contribution in [2.75, 3.05) is 26.6 Å². The van der Waals surface area contributed by atoms with Crippen LogP contribution in [0.3, 0.4) is 0 Å². The lowest BCUT2D eigenvalue weighted by Crippen LogP contribution is -2.26. The summed E-state index contributed by atoms with van der Waals surface area (Å²) in [6, 6.07) is 5.63. The molecular weight excluding hydrogens is 242 g/mol. The van der Waals surface area contributed by atoms with Gasteiger partial charge < -0.3 is 14.8 Å². The summed E-state index contributed by atoms with van der Waals surface area (Å²) in [6.07, 6.45) is 0.705. The van der Waals surface area contributed by atoms with Crippen molar-refractivity contribution in [2.45, 2.75) is 6.42 Å². The molecule has 1 amide bonds. The zero-order chi connectivity index (χ0) is 12.7. The molecule has 0 aliphatic heterocycles. The minimum atomic E-state index is -0.165. The molecule has 0 radical (unpaired) electrons. The molecule has 0 fully saturated rings. The van der Waals surface area contributed by atoms with Gasteiger partial charge in [0.25, 0.3) is 0 Å². The summed E-state index contributed by atoms with van der Waals surface area (Å²) >= 11 is 5.38. The molecule has 0 spiro atoms. The van der Waals surface area contributed by atoms with Crippen LogP contribution in [0, 0.1) is 0 Å². The predicted molar refractivity (Wildman–Crippen MR) is 67.0 cm³/mol. The van der Waals surface area contributed by atoms with Crippen molar-refractivity contribution in [3.05, 3.63) is 23.8 Å². The molecule has 5 heteroatoms. The lowest BCUT2D eigenvalue weighted by molar-refractivity contribution is -0.118. The van der Waals surface area contributed by atoms with Crippen LogP contribution in [0.15, 0.2) is 18.2 Å². The van der Waals surface area contributed by atoms with E-state index in [1.165, 1.54) is 0 Å². The number of methoxy groups -OCH3 is 2. The lowest BCUT2D eigenvalue weighted by atomic mass is 10.1. The number of amides is 1. The molecule has 0 heterocycles. The highest BCUT2D eigenvalue weighted by Crippen LogP contribution is 2.22. The van der Waals surface area contributed by atoms with Crippen LogP contribution < -0.4 is 14.8 Å². The van der Waals surface area contributed by atoms with Gasteiger partial charge in [-0.05, 0) is 24.1 Å². The SMILES string of the molecule is COc1cc(CCNC(=O)CCl)cc(OC)c1. The Bertz CT molecular complexity index is 360. The summed E-state index contributed by atoms with van der Waals surface area (Å²) in [5, 5.41) is 2.70. The van der Waals surface area contributed by atoms with Gasteiger partial charge in [-0.25, -0.2) is 0 Å². The molecule has 0 aromatic heterocycles. The van der Waals surface area contributed by atoms with Crippen molar-refractivity contribution in [3.8, 4) is 11.5 Å². The third-order valence-electron chi connectivity index (χ3n) is 2.27. The molecule has 0 aliphatic rings. The summed E-state index contributed by atoms with van der Waals surface area (Å²) in [7, 11) is 3.21. The normalized spacial score (nSPS) is 9.82. The van der Waals surface area contributed by atoms with Crippen LogP contribution in [-0.4, -0.2) is 32.6 Å². The number of hydrogen-bond acceptors (Lipinski definition) is 3. The van der Waals surface area contributed by atoms with E-state index in [0.29, 0.717) is 13.0 Å². The molecule has 0 aliphatic carbocycles. The minimum Gasteiger partial charge on any atom is -0.497 e. The number of halogens is 1. The summed E-state index contributed by atoms with van der Waals surface area (Å²) in [5.74, 6) is 1.30. The Labute approximate surface area is 106 Å². The van der Waals surface area contributed by atoms with E-state index in [1.54, 1.807) is 20.3 Å². The quantitative estimate of drug-likeness (QED) is 0.788. The first-order valence-corrected chi connectivity index (χ1v) is 5.77. The fourth-order valence-corrected chi connectivity index (χ4v) is 1.50. The number of rotatable bonds is 6. The molecule has 17 heavy (non-hydrogen) atoms. The van der Waals surface area contributed by atoms with Crippen molar-refractivity contribution in [1.82, 2.24) is 5.32 Å². The van der Waals surface area contributed by atoms with E-state index in [-0.39, 0.29) is 11.8 Å². The fraction of sp³-hybridized carbons (Fsp3) is 0.417. The Kier molecular flexibility index (Phi) is 5.63. The Morgan fingerprint density at radius 2 is 1.82 bits per heavy atom. The molecule has 0 unspecified atom stereocenters. The number of carbonyl (C=O) groups excluding carboxylic acids is 1. The molecule has 4 nitrogen and oxygen atoms in total. The van der Waals surface area contributed by atoms with E-state index in [0.717, 1.165) is 17.1 Å². The van der Waals surface area contributed by atoms with Gasteiger partial charge in [0.05, 0.1) is 14.2 Å². The van der Waals surface area contributed by atoms with Crippen molar-refractivity contribution >= 4 is 17.5 Å². The van der Waals surface area contributed by atoms with Crippen LogP contribution in [-0.2, 0) is 11.2 Å². The highest BCUT2D eigenvalue weighted by Gasteiger charge is 2.03. The summed E-state index contributed by atoms with van der Waals surface area (Å²) in [6.45, 7) is 0.544. The second-order valence-corrected chi connectivity index (χ2v) is 3.72. The number of alkyl halides is 1. The number of hydrogen-bond donors (Lipinski definition) is 1. The first kappa shape index (κ1) is 13.6. The monoisotopic (exact) mass is 257 g/mol. The van der Waals surface area contributed by atoms with Crippen molar-refractivity contribution in [3.63, 3.8) is 0 Å². The second kappa shape index (κ2) is 7.01. The molecule has 0 saturated carbocycles. The first-order chi connectivity index (χ1) is 8.19. The fourth-order valence-electron chi connectivity index (χ4n) is 1.40. The molecule has 1 rings (SSSR count). The van der Waals surface area contributed by atoms with Gasteiger partial charge in [-0.15, -0.1) is 11.6 Å². The third kappa shape index (κ3) is 4.53. The van der Waals surface area contributed by atoms with Gasteiger partial charge >= 0.3 is 0 Å². The predicted octanol–water partition coefficient (Wildman–Crippen LogP) is 1.60. The molecule has 94 valence electrons. The molecule has 1 N–H and O–H groups in total. The molecule has 0 atom stereocenters. The van der Waals surface area contributed by atoms with E-state index >= 15 is 0 Å². The van der Waals surface area contributed by atoms with E-state index < -0.39 is 0 Å². The Morgan fingerprint density at radius 1 is 1.24 bits per heavy atom. The van der Waals surface area contributed by atoms with Crippen molar-refractivity contribution in [1.29, 1.82) is 0 Å². The lowest BCUT2D eigenvalue weighted by Gasteiger charge is -2.08. The summed E-state index contributed by atoms with van der Waals surface area (Å²) < 4.78 is 10.3. The van der Waals surface area contributed by atoms with Crippen LogP contribution in [0.2, 0.25) is 0 Å². The van der Waals surface area contributed by atoms with Gasteiger partial charge in [0.2, 0.25) is 5.91 Å². The van der Waals surface area contributed by atoms with Crippen LogP contribution in [0.4, 0.5) is 0 Å². The molecule has 1 aromatic carbocycles. The Balaban J connectivity index is 2.60. The molecule has 0 saturated heterocycles. The maximum absolute atomic E-state index is 11.0. The van der Waals surface area contributed by atoms with E-state index in [1.807, 2.05) is 12.1 Å². The number of nitrogens with one attached hydrogen (secondary N) is 1. The highest BCUT2D eigenvalue weighted by atomic mass is 35.5. The van der Waals surface area contributed by atoms with Crippen LogP contribution in [0.25, 0.3) is 0 Å². The van der Waals surface area contributed by atoms with E-state index in [2.05, 4.69) is 5.32 Å². The maximum Gasteiger partial charge on any atom is 0.234 e. The summed E-state index contributed by atoms with van der Waals surface area (Å²) in [4.78, 5) is 11.0. The van der Waals surface area contributed by atoms with Gasteiger partial charge in [0.1, 0.15) is 17.4 Å². The van der Waals surface area contributed by atoms with Crippen molar-refractivity contribution in [2.24, 2.45) is 0 Å². The Hall–Kier alpha value is -1.42.